The lowest BCUT2D eigenvalue weighted by Crippen LogP contribution is -2.41. The SMILES string of the molecule is CC1[C@@H]2C[C@]2(c2cc(F)cc(F)c2)CN1C(=O)OC(C)(C)C. The van der Waals surface area contributed by atoms with Gasteiger partial charge in [0.1, 0.15) is 17.2 Å². The van der Waals surface area contributed by atoms with Crippen LogP contribution in [0.2, 0.25) is 0 Å². The minimum absolute atomic E-state index is 0.0150. The van der Waals surface area contributed by atoms with Crippen LogP contribution in [-0.4, -0.2) is 29.2 Å². The van der Waals surface area contributed by atoms with E-state index in [9.17, 15) is 13.6 Å². The van der Waals surface area contributed by atoms with Crippen LogP contribution in [0.4, 0.5) is 13.6 Å². The molecule has 120 valence electrons. The van der Waals surface area contributed by atoms with E-state index in [1.165, 1.54) is 12.1 Å². The standard InChI is InChI=1S/C17H21F2NO2/c1-10-14-8-17(14,11-5-12(18)7-13(19)6-11)9-20(10)15(21)22-16(2,3)4/h5-7,10,14H,8-9H2,1-4H3/t10?,14-,17+/m0/s1. The number of rotatable bonds is 1. The van der Waals surface area contributed by atoms with Gasteiger partial charge in [-0.05, 0) is 57.7 Å². The summed E-state index contributed by atoms with van der Waals surface area (Å²) in [6.45, 7) is 7.90. The summed E-state index contributed by atoms with van der Waals surface area (Å²) in [5.41, 5.74) is -0.228. The van der Waals surface area contributed by atoms with Crippen LogP contribution < -0.4 is 0 Å². The second-order valence-corrected chi connectivity index (χ2v) is 7.47. The molecule has 1 unspecified atom stereocenters. The van der Waals surface area contributed by atoms with Gasteiger partial charge in [-0.3, -0.25) is 0 Å². The van der Waals surface area contributed by atoms with Crippen molar-refractivity contribution in [2.24, 2.45) is 5.92 Å². The van der Waals surface area contributed by atoms with Gasteiger partial charge in [0.25, 0.3) is 0 Å². The van der Waals surface area contributed by atoms with Crippen molar-refractivity contribution in [2.45, 2.75) is 51.2 Å². The Balaban J connectivity index is 1.83. The topological polar surface area (TPSA) is 29.5 Å². The highest BCUT2D eigenvalue weighted by atomic mass is 19.1. The number of carbonyl (C=O) groups excluding carboxylic acids is 1. The summed E-state index contributed by atoms with van der Waals surface area (Å²) < 4.78 is 32.4. The Labute approximate surface area is 129 Å². The van der Waals surface area contributed by atoms with E-state index in [1.54, 1.807) is 4.90 Å². The number of benzene rings is 1. The Kier molecular flexibility index (Phi) is 3.24. The number of nitrogens with zero attached hydrogens (tertiary/aromatic N) is 1. The van der Waals surface area contributed by atoms with Crippen molar-refractivity contribution in [1.29, 1.82) is 0 Å². The third-order valence-corrected chi connectivity index (χ3v) is 4.73. The van der Waals surface area contributed by atoms with Crippen LogP contribution in [0.5, 0.6) is 0 Å². The van der Waals surface area contributed by atoms with Crippen molar-refractivity contribution >= 4 is 6.09 Å². The average molecular weight is 309 g/mol. The summed E-state index contributed by atoms with van der Waals surface area (Å²) in [5.74, 6) is -0.905. The molecular formula is C17H21F2NO2. The molecular weight excluding hydrogens is 288 g/mol. The third kappa shape index (κ3) is 2.46. The van der Waals surface area contributed by atoms with Crippen LogP contribution in [0.25, 0.3) is 0 Å². The quantitative estimate of drug-likeness (QED) is 0.788. The van der Waals surface area contributed by atoms with Crippen molar-refractivity contribution in [2.75, 3.05) is 6.54 Å². The van der Waals surface area contributed by atoms with Crippen LogP contribution in [0, 0.1) is 17.6 Å². The second-order valence-electron chi connectivity index (χ2n) is 7.47. The van der Waals surface area contributed by atoms with E-state index < -0.39 is 17.2 Å². The zero-order valence-corrected chi connectivity index (χ0v) is 13.3. The minimum Gasteiger partial charge on any atom is -0.444 e. The Morgan fingerprint density at radius 2 is 1.86 bits per heavy atom. The van der Waals surface area contributed by atoms with Gasteiger partial charge in [0.2, 0.25) is 0 Å². The number of halogens is 2. The number of fused-ring (bicyclic) bond motifs is 1. The van der Waals surface area contributed by atoms with Crippen molar-refractivity contribution < 1.29 is 18.3 Å². The summed E-state index contributed by atoms with van der Waals surface area (Å²) in [7, 11) is 0. The monoisotopic (exact) mass is 309 g/mol. The molecule has 0 radical (unpaired) electrons. The number of piperidine rings is 1. The maximum atomic E-state index is 13.5. The fraction of sp³-hybridized carbons (Fsp3) is 0.588. The zero-order chi connectivity index (χ0) is 16.3. The van der Waals surface area contributed by atoms with Gasteiger partial charge in [0, 0.05) is 24.1 Å². The van der Waals surface area contributed by atoms with Crippen LogP contribution >= 0.6 is 0 Å². The molecule has 3 nitrogen and oxygen atoms in total. The number of likely N-dealkylation sites (tertiary alicyclic amines) is 1. The molecule has 1 amide bonds. The summed E-state index contributed by atoms with van der Waals surface area (Å²) in [6.07, 6.45) is 0.500. The van der Waals surface area contributed by atoms with Gasteiger partial charge < -0.3 is 9.64 Å². The molecule has 1 aromatic carbocycles. The summed E-state index contributed by atoms with van der Waals surface area (Å²) >= 11 is 0. The van der Waals surface area contributed by atoms with E-state index in [4.69, 9.17) is 4.74 Å². The molecule has 3 rings (SSSR count). The zero-order valence-electron chi connectivity index (χ0n) is 13.3. The van der Waals surface area contributed by atoms with Crippen LogP contribution in [-0.2, 0) is 10.2 Å². The van der Waals surface area contributed by atoms with E-state index in [0.717, 1.165) is 12.5 Å². The highest BCUT2D eigenvalue weighted by molar-refractivity contribution is 5.70. The van der Waals surface area contributed by atoms with E-state index in [2.05, 4.69) is 0 Å². The van der Waals surface area contributed by atoms with Crippen molar-refractivity contribution in [3.05, 3.63) is 35.4 Å². The molecule has 1 heterocycles. The fourth-order valence-corrected chi connectivity index (χ4v) is 3.63. The molecule has 1 aromatic rings. The summed E-state index contributed by atoms with van der Waals surface area (Å²) in [4.78, 5) is 14.0. The number of hydrogen-bond acceptors (Lipinski definition) is 2. The fourth-order valence-electron chi connectivity index (χ4n) is 3.63. The first-order valence-electron chi connectivity index (χ1n) is 7.59. The Morgan fingerprint density at radius 1 is 1.27 bits per heavy atom. The summed E-state index contributed by atoms with van der Waals surface area (Å²) in [6, 6.07) is 3.66. The van der Waals surface area contributed by atoms with Crippen LogP contribution in [0.1, 0.15) is 39.7 Å². The van der Waals surface area contributed by atoms with Gasteiger partial charge in [0.15, 0.2) is 0 Å². The lowest BCUT2D eigenvalue weighted by Gasteiger charge is -2.29. The van der Waals surface area contributed by atoms with Crippen molar-refractivity contribution in [1.82, 2.24) is 4.90 Å². The highest BCUT2D eigenvalue weighted by Crippen LogP contribution is 2.62. The van der Waals surface area contributed by atoms with Crippen molar-refractivity contribution in [3.63, 3.8) is 0 Å². The first kappa shape index (κ1) is 15.3. The average Bonchev–Trinajstić information content (AvgIpc) is 3.01. The molecule has 1 saturated carbocycles. The first-order valence-corrected chi connectivity index (χ1v) is 7.59. The molecule has 0 aromatic heterocycles. The molecule has 22 heavy (non-hydrogen) atoms. The minimum atomic E-state index is -0.571. The molecule has 2 aliphatic rings. The van der Waals surface area contributed by atoms with Crippen molar-refractivity contribution in [3.8, 4) is 0 Å². The molecule has 5 heteroatoms. The number of amides is 1. The Morgan fingerprint density at radius 3 is 2.41 bits per heavy atom. The normalized spacial score (nSPS) is 30.2. The Hall–Kier alpha value is -1.65. The van der Waals surface area contributed by atoms with Gasteiger partial charge in [-0.25, -0.2) is 13.6 Å². The molecule has 0 spiro atoms. The maximum Gasteiger partial charge on any atom is 0.410 e. The summed E-state index contributed by atoms with van der Waals surface area (Å²) in [5, 5.41) is 0. The van der Waals surface area contributed by atoms with Crippen LogP contribution in [0.15, 0.2) is 18.2 Å². The van der Waals surface area contributed by atoms with Gasteiger partial charge in [-0.1, -0.05) is 0 Å². The highest BCUT2D eigenvalue weighted by Gasteiger charge is 2.65. The lowest BCUT2D eigenvalue weighted by molar-refractivity contribution is 0.0204. The van der Waals surface area contributed by atoms with Gasteiger partial charge in [-0.15, -0.1) is 0 Å². The molecule has 1 saturated heterocycles. The van der Waals surface area contributed by atoms with E-state index in [-0.39, 0.29) is 23.5 Å². The first-order chi connectivity index (χ1) is 10.1. The van der Waals surface area contributed by atoms with E-state index >= 15 is 0 Å². The molecule has 1 aliphatic carbocycles. The number of carbonyl (C=O) groups is 1. The predicted octanol–water partition coefficient (Wildman–Crippen LogP) is 3.86. The molecule has 0 N–H and O–H groups in total. The maximum absolute atomic E-state index is 13.5. The number of hydrogen-bond donors (Lipinski definition) is 0. The van der Waals surface area contributed by atoms with Gasteiger partial charge >= 0.3 is 6.09 Å². The number of ether oxygens (including phenoxy) is 1. The Bertz CT molecular complexity index is 605. The molecule has 2 fully saturated rings. The molecule has 1 aliphatic heterocycles. The van der Waals surface area contributed by atoms with Gasteiger partial charge in [0.05, 0.1) is 0 Å². The third-order valence-electron chi connectivity index (χ3n) is 4.73. The largest absolute Gasteiger partial charge is 0.444 e. The smallest absolute Gasteiger partial charge is 0.410 e. The van der Waals surface area contributed by atoms with E-state index in [1.807, 2.05) is 27.7 Å². The lowest BCUT2D eigenvalue weighted by atomic mass is 9.94. The van der Waals surface area contributed by atoms with E-state index in [0.29, 0.717) is 12.1 Å². The van der Waals surface area contributed by atoms with Gasteiger partial charge in [-0.2, -0.15) is 0 Å². The molecule has 3 atom stereocenters. The second kappa shape index (κ2) is 4.67. The molecule has 0 bridgehead atoms. The van der Waals surface area contributed by atoms with Crippen LogP contribution in [0.3, 0.4) is 0 Å². The predicted molar refractivity (Wildman–Crippen MR) is 78.5 cm³/mol.